The molecule has 0 saturated heterocycles. The topological polar surface area (TPSA) is 46.2 Å². The van der Waals surface area contributed by atoms with Crippen molar-refractivity contribution in [3.63, 3.8) is 0 Å². The molecule has 1 N–H and O–H groups in total. The second-order valence-electron chi connectivity index (χ2n) is 3.25. The Morgan fingerprint density at radius 3 is 2.47 bits per heavy atom. The number of benzene rings is 1. The number of alkyl halides is 2. The van der Waals surface area contributed by atoms with E-state index in [1.165, 1.54) is 12.1 Å². The fraction of sp³-hybridized carbons (Fsp3) is 0.333. The molecule has 0 aromatic heterocycles. The van der Waals surface area contributed by atoms with Crippen molar-refractivity contribution in [1.29, 1.82) is 0 Å². The first-order valence-electron chi connectivity index (χ1n) is 4.48. The second kappa shape index (κ2) is 5.48. The van der Waals surface area contributed by atoms with Gasteiger partial charge in [-0.15, -0.1) is 0 Å². The summed E-state index contributed by atoms with van der Waals surface area (Å²) >= 11 is 11.5. The van der Waals surface area contributed by atoms with E-state index >= 15 is 0 Å². The quantitative estimate of drug-likeness (QED) is 0.929. The molecule has 96 valence electrons. The molecule has 0 aliphatic heterocycles. The van der Waals surface area contributed by atoms with Gasteiger partial charge in [-0.25, -0.2) is 21.9 Å². The molecule has 0 amide bonds. The van der Waals surface area contributed by atoms with Crippen LogP contribution < -0.4 is 4.72 Å². The number of hydrogen-bond acceptors (Lipinski definition) is 2. The Labute approximate surface area is 108 Å². The van der Waals surface area contributed by atoms with Crippen molar-refractivity contribution in [2.75, 3.05) is 6.54 Å². The van der Waals surface area contributed by atoms with Crippen LogP contribution >= 0.6 is 23.2 Å². The van der Waals surface area contributed by atoms with Gasteiger partial charge in [0.15, 0.2) is 0 Å². The highest BCUT2D eigenvalue weighted by Gasteiger charge is 2.23. The Balaban J connectivity index is 3.19. The molecule has 0 unspecified atom stereocenters. The lowest BCUT2D eigenvalue weighted by Crippen LogP contribution is -2.29. The Hall–Kier alpha value is -0.430. The molecule has 0 fully saturated rings. The van der Waals surface area contributed by atoms with Gasteiger partial charge in [-0.2, -0.15) is 0 Å². The summed E-state index contributed by atoms with van der Waals surface area (Å²) in [5, 5.41) is -0.179. The third-order valence-electron chi connectivity index (χ3n) is 1.94. The van der Waals surface area contributed by atoms with Crippen LogP contribution in [-0.2, 0) is 10.0 Å². The summed E-state index contributed by atoms with van der Waals surface area (Å²) in [4.78, 5) is -0.374. The fourth-order valence-electron chi connectivity index (χ4n) is 1.12. The number of sulfonamides is 1. The lowest BCUT2D eigenvalue weighted by atomic mass is 10.2. The maximum Gasteiger partial charge on any atom is 0.251 e. The van der Waals surface area contributed by atoms with Crippen molar-refractivity contribution >= 4 is 33.2 Å². The minimum Gasteiger partial charge on any atom is -0.209 e. The van der Waals surface area contributed by atoms with Crippen LogP contribution in [0.25, 0.3) is 0 Å². The molecule has 17 heavy (non-hydrogen) atoms. The number of nitrogens with one attached hydrogen (secondary N) is 1. The molecule has 0 saturated carbocycles. The van der Waals surface area contributed by atoms with E-state index < -0.39 is 23.0 Å². The first-order chi connectivity index (χ1) is 7.75. The molecule has 3 nitrogen and oxygen atoms in total. The van der Waals surface area contributed by atoms with Crippen molar-refractivity contribution in [3.8, 4) is 0 Å². The van der Waals surface area contributed by atoms with E-state index in [2.05, 4.69) is 0 Å². The standard InChI is InChI=1S/C9H9Cl2F2NO2S/c1-5-2-3-6(10)9(8(5)11)17(15,16)14-4-7(12)13/h2-3,7,14H,4H2,1H3. The Kier molecular flexibility index (Phi) is 4.71. The molecule has 1 aromatic carbocycles. The van der Waals surface area contributed by atoms with Gasteiger partial charge in [0.2, 0.25) is 10.0 Å². The SMILES string of the molecule is Cc1ccc(Cl)c(S(=O)(=O)NCC(F)F)c1Cl. The fourth-order valence-corrected chi connectivity index (χ4v) is 3.31. The molecular formula is C9H9Cl2F2NO2S. The van der Waals surface area contributed by atoms with Crippen molar-refractivity contribution in [3.05, 3.63) is 27.7 Å². The predicted molar refractivity (Wildman–Crippen MR) is 62.4 cm³/mol. The lowest BCUT2D eigenvalue weighted by molar-refractivity contribution is 0.153. The number of halogens is 4. The minimum atomic E-state index is -4.13. The smallest absolute Gasteiger partial charge is 0.209 e. The van der Waals surface area contributed by atoms with Crippen LogP contribution in [0.15, 0.2) is 17.0 Å². The van der Waals surface area contributed by atoms with Crippen LogP contribution in [-0.4, -0.2) is 21.4 Å². The van der Waals surface area contributed by atoms with Crippen molar-refractivity contribution < 1.29 is 17.2 Å². The van der Waals surface area contributed by atoms with Gasteiger partial charge in [-0.05, 0) is 18.6 Å². The maximum atomic E-state index is 12.0. The molecule has 0 aliphatic carbocycles. The van der Waals surface area contributed by atoms with Gasteiger partial charge < -0.3 is 0 Å². The van der Waals surface area contributed by atoms with Crippen LogP contribution in [0.4, 0.5) is 8.78 Å². The van der Waals surface area contributed by atoms with Gasteiger partial charge in [0.25, 0.3) is 6.43 Å². The Bertz CT molecular complexity index is 520. The van der Waals surface area contributed by atoms with E-state index in [1.54, 1.807) is 11.6 Å². The van der Waals surface area contributed by atoms with Crippen molar-refractivity contribution in [2.24, 2.45) is 0 Å². The summed E-state index contributed by atoms with van der Waals surface area (Å²) < 4.78 is 49.1. The van der Waals surface area contributed by atoms with Crippen LogP contribution in [0.2, 0.25) is 10.0 Å². The summed E-state index contributed by atoms with van der Waals surface area (Å²) in [6, 6.07) is 2.89. The number of aryl methyl sites for hydroxylation is 1. The summed E-state index contributed by atoms with van der Waals surface area (Å²) in [6.45, 7) is 0.605. The highest BCUT2D eigenvalue weighted by molar-refractivity contribution is 7.89. The van der Waals surface area contributed by atoms with E-state index in [0.717, 1.165) is 0 Å². The van der Waals surface area contributed by atoms with Gasteiger partial charge in [0.1, 0.15) is 4.90 Å². The van der Waals surface area contributed by atoms with Crippen LogP contribution in [0.5, 0.6) is 0 Å². The van der Waals surface area contributed by atoms with Crippen LogP contribution in [0.1, 0.15) is 5.56 Å². The minimum absolute atomic E-state index is 0.0701. The Morgan fingerprint density at radius 1 is 1.35 bits per heavy atom. The Morgan fingerprint density at radius 2 is 1.94 bits per heavy atom. The van der Waals surface area contributed by atoms with Gasteiger partial charge in [0, 0.05) is 0 Å². The normalized spacial score (nSPS) is 12.1. The maximum absolute atomic E-state index is 12.0. The summed E-state index contributed by atoms with van der Waals surface area (Å²) in [5.74, 6) is 0. The van der Waals surface area contributed by atoms with E-state index in [-0.39, 0.29) is 14.9 Å². The van der Waals surface area contributed by atoms with Gasteiger partial charge in [-0.1, -0.05) is 29.3 Å². The van der Waals surface area contributed by atoms with Crippen molar-refractivity contribution in [2.45, 2.75) is 18.2 Å². The average Bonchev–Trinajstić information content (AvgIpc) is 2.21. The molecule has 0 radical (unpaired) electrons. The van der Waals surface area contributed by atoms with Gasteiger partial charge in [-0.3, -0.25) is 0 Å². The molecule has 1 rings (SSSR count). The molecule has 8 heteroatoms. The van der Waals surface area contributed by atoms with E-state index in [9.17, 15) is 17.2 Å². The third kappa shape index (κ3) is 3.51. The van der Waals surface area contributed by atoms with E-state index in [0.29, 0.717) is 5.56 Å². The molecule has 0 atom stereocenters. The molecular weight excluding hydrogens is 295 g/mol. The van der Waals surface area contributed by atoms with E-state index in [4.69, 9.17) is 23.2 Å². The zero-order valence-corrected chi connectivity index (χ0v) is 11.0. The summed E-state index contributed by atoms with van der Waals surface area (Å²) in [7, 11) is -4.13. The average molecular weight is 304 g/mol. The number of rotatable bonds is 4. The van der Waals surface area contributed by atoms with E-state index in [1.807, 2.05) is 0 Å². The summed E-state index contributed by atoms with van der Waals surface area (Å²) in [6.07, 6.45) is -2.79. The highest BCUT2D eigenvalue weighted by Crippen LogP contribution is 2.31. The zero-order valence-electron chi connectivity index (χ0n) is 8.68. The largest absolute Gasteiger partial charge is 0.251 e. The van der Waals surface area contributed by atoms with Gasteiger partial charge >= 0.3 is 0 Å². The first kappa shape index (κ1) is 14.6. The van der Waals surface area contributed by atoms with Crippen LogP contribution in [0.3, 0.4) is 0 Å². The molecule has 1 aromatic rings. The molecule has 0 aliphatic rings. The monoisotopic (exact) mass is 303 g/mol. The second-order valence-corrected chi connectivity index (χ2v) is 5.74. The molecule has 0 bridgehead atoms. The summed E-state index contributed by atoms with van der Waals surface area (Å²) in [5.41, 5.74) is 0.494. The van der Waals surface area contributed by atoms with Crippen LogP contribution in [0, 0.1) is 6.92 Å². The number of hydrogen-bond donors (Lipinski definition) is 1. The highest BCUT2D eigenvalue weighted by atomic mass is 35.5. The lowest BCUT2D eigenvalue weighted by Gasteiger charge is -2.11. The van der Waals surface area contributed by atoms with Gasteiger partial charge in [0.05, 0.1) is 16.6 Å². The predicted octanol–water partition coefficient (Wildman–Crippen LogP) is 2.85. The first-order valence-corrected chi connectivity index (χ1v) is 6.72. The molecule has 0 spiro atoms. The molecule has 0 heterocycles. The third-order valence-corrected chi connectivity index (χ3v) is 4.47. The van der Waals surface area contributed by atoms with Crippen molar-refractivity contribution in [1.82, 2.24) is 4.72 Å². The zero-order chi connectivity index (χ0) is 13.2.